The Morgan fingerprint density at radius 2 is 1.59 bits per heavy atom. The molecule has 0 spiro atoms. The Kier molecular flexibility index (Phi) is 11.2. The molecule has 0 amide bonds. The van der Waals surface area contributed by atoms with Crippen LogP contribution < -0.4 is 0 Å². The van der Waals surface area contributed by atoms with E-state index in [9.17, 15) is 4.79 Å². The van der Waals surface area contributed by atoms with E-state index in [1.165, 1.54) is 32.0 Å². The second-order valence-electron chi connectivity index (χ2n) is 4.74. The molecule has 0 N–H and O–H groups in total. The van der Waals surface area contributed by atoms with Gasteiger partial charge in [0.15, 0.2) is 0 Å². The summed E-state index contributed by atoms with van der Waals surface area (Å²) < 4.78 is 4.86. The maximum atomic E-state index is 11.4. The number of nitrogens with zero attached hydrogens (tertiary/aromatic N) is 2. The molecule has 1 heterocycles. The predicted octanol–water partition coefficient (Wildman–Crippen LogP) is 3.13. The van der Waals surface area contributed by atoms with Crippen molar-refractivity contribution in [2.45, 2.75) is 12.8 Å². The van der Waals surface area contributed by atoms with Crippen LogP contribution in [0.2, 0.25) is 0 Å². The Morgan fingerprint density at radius 1 is 1.05 bits per heavy atom. The third-order valence-corrected chi connectivity index (χ3v) is 3.05. The van der Waals surface area contributed by atoms with Crippen molar-refractivity contribution in [2.24, 2.45) is 0 Å². The Bertz CT molecular complexity index is 386. The molecule has 0 aromatic carbocycles. The standard InChI is InChI=1S/C12H17NO2.C6H11N/c1-5-8-13(9-6-2)11(4)12(14)15-10-7-3;1-2-7-5-3-4-6-7/h5-7H,1-4,8-10H2;2H,1,3-6H2. The molecule has 0 bridgehead atoms. The van der Waals surface area contributed by atoms with Gasteiger partial charge in [0, 0.05) is 26.2 Å². The van der Waals surface area contributed by atoms with Crippen molar-refractivity contribution >= 4 is 5.97 Å². The van der Waals surface area contributed by atoms with Crippen molar-refractivity contribution in [3.8, 4) is 0 Å². The Labute approximate surface area is 134 Å². The SMILES string of the molecule is C=CCOC(=O)C(=C)N(CC=C)CC=C.C=CN1CCCC1. The molecular formula is C18H28N2O2. The smallest absolute Gasteiger partial charge is 0.354 e. The number of ether oxygens (including phenoxy) is 1. The molecule has 0 aliphatic carbocycles. The van der Waals surface area contributed by atoms with Crippen LogP contribution >= 0.6 is 0 Å². The van der Waals surface area contributed by atoms with Gasteiger partial charge in [-0.1, -0.05) is 38.0 Å². The van der Waals surface area contributed by atoms with E-state index in [1.807, 2.05) is 6.20 Å². The molecule has 0 unspecified atom stereocenters. The molecule has 0 radical (unpaired) electrons. The molecule has 1 saturated heterocycles. The van der Waals surface area contributed by atoms with Crippen molar-refractivity contribution in [3.05, 3.63) is 63.0 Å². The van der Waals surface area contributed by atoms with Gasteiger partial charge < -0.3 is 14.5 Å². The van der Waals surface area contributed by atoms with Gasteiger partial charge in [-0.15, -0.1) is 13.2 Å². The number of rotatable bonds is 9. The number of likely N-dealkylation sites (tertiary alicyclic amines) is 1. The lowest BCUT2D eigenvalue weighted by atomic mass is 10.3. The lowest BCUT2D eigenvalue weighted by molar-refractivity contribution is -0.139. The highest BCUT2D eigenvalue weighted by Crippen LogP contribution is 2.05. The van der Waals surface area contributed by atoms with E-state index >= 15 is 0 Å². The van der Waals surface area contributed by atoms with E-state index in [2.05, 4.69) is 37.8 Å². The number of hydrogen-bond acceptors (Lipinski definition) is 4. The normalized spacial score (nSPS) is 12.5. The van der Waals surface area contributed by atoms with Crippen LogP contribution in [0, 0.1) is 0 Å². The van der Waals surface area contributed by atoms with E-state index < -0.39 is 5.97 Å². The topological polar surface area (TPSA) is 32.8 Å². The molecule has 4 heteroatoms. The Morgan fingerprint density at radius 3 is 1.95 bits per heavy atom. The van der Waals surface area contributed by atoms with E-state index in [4.69, 9.17) is 4.74 Å². The molecule has 1 rings (SSSR count). The average Bonchev–Trinajstić information content (AvgIpc) is 3.06. The van der Waals surface area contributed by atoms with Crippen LogP contribution in [0.4, 0.5) is 0 Å². The van der Waals surface area contributed by atoms with Crippen LogP contribution in [0.15, 0.2) is 63.0 Å². The maximum absolute atomic E-state index is 11.4. The van der Waals surface area contributed by atoms with Gasteiger partial charge >= 0.3 is 5.97 Å². The second kappa shape index (κ2) is 12.5. The van der Waals surface area contributed by atoms with Crippen LogP contribution in [0.1, 0.15) is 12.8 Å². The van der Waals surface area contributed by atoms with E-state index in [0.29, 0.717) is 18.8 Å². The first-order valence-corrected chi connectivity index (χ1v) is 7.40. The molecule has 0 aromatic rings. The lowest BCUT2D eigenvalue weighted by Crippen LogP contribution is -2.28. The van der Waals surface area contributed by atoms with Gasteiger partial charge in [0.1, 0.15) is 12.3 Å². The van der Waals surface area contributed by atoms with Crippen LogP contribution in [-0.2, 0) is 9.53 Å². The van der Waals surface area contributed by atoms with Gasteiger partial charge in [-0.3, -0.25) is 0 Å². The molecule has 0 saturated carbocycles. The third-order valence-electron chi connectivity index (χ3n) is 3.05. The van der Waals surface area contributed by atoms with Crippen molar-refractivity contribution in [1.29, 1.82) is 0 Å². The minimum absolute atomic E-state index is 0.188. The van der Waals surface area contributed by atoms with Crippen molar-refractivity contribution in [3.63, 3.8) is 0 Å². The summed E-state index contributed by atoms with van der Waals surface area (Å²) in [6.07, 6.45) is 9.52. The zero-order chi connectivity index (χ0) is 16.8. The first kappa shape index (κ1) is 19.8. The molecule has 4 nitrogen and oxygen atoms in total. The van der Waals surface area contributed by atoms with E-state index in [1.54, 1.807) is 17.1 Å². The largest absolute Gasteiger partial charge is 0.457 e. The van der Waals surface area contributed by atoms with Gasteiger partial charge in [0.25, 0.3) is 0 Å². The van der Waals surface area contributed by atoms with Gasteiger partial charge in [-0.25, -0.2) is 4.79 Å². The number of carbonyl (C=O) groups is 1. The molecule has 122 valence electrons. The summed E-state index contributed by atoms with van der Waals surface area (Å²) in [5.74, 6) is -0.446. The van der Waals surface area contributed by atoms with E-state index in [0.717, 1.165) is 0 Å². The van der Waals surface area contributed by atoms with Crippen LogP contribution in [0.5, 0.6) is 0 Å². The quantitative estimate of drug-likeness (QED) is 0.372. The molecule has 1 aliphatic heterocycles. The lowest BCUT2D eigenvalue weighted by Gasteiger charge is -2.22. The highest BCUT2D eigenvalue weighted by molar-refractivity contribution is 5.87. The molecule has 0 atom stereocenters. The van der Waals surface area contributed by atoms with Gasteiger partial charge in [-0.05, 0) is 19.0 Å². The first-order chi connectivity index (χ1) is 10.6. The Hall–Kier alpha value is -2.23. The number of carbonyl (C=O) groups excluding carboxylic acids is 1. The van der Waals surface area contributed by atoms with Gasteiger partial charge in [-0.2, -0.15) is 0 Å². The average molecular weight is 304 g/mol. The minimum Gasteiger partial charge on any atom is -0.457 e. The third kappa shape index (κ3) is 8.15. The molecule has 22 heavy (non-hydrogen) atoms. The summed E-state index contributed by atoms with van der Waals surface area (Å²) in [4.78, 5) is 15.4. The highest BCUT2D eigenvalue weighted by atomic mass is 16.5. The summed E-state index contributed by atoms with van der Waals surface area (Å²) in [6.45, 7) is 21.7. The molecule has 0 aromatic heterocycles. The zero-order valence-electron chi connectivity index (χ0n) is 13.5. The Balaban J connectivity index is 0.000000518. The highest BCUT2D eigenvalue weighted by Gasteiger charge is 2.13. The summed E-state index contributed by atoms with van der Waals surface area (Å²) >= 11 is 0. The van der Waals surface area contributed by atoms with Crippen molar-refractivity contribution < 1.29 is 9.53 Å². The fourth-order valence-electron chi connectivity index (χ4n) is 1.88. The summed E-state index contributed by atoms with van der Waals surface area (Å²) in [5, 5.41) is 0. The summed E-state index contributed by atoms with van der Waals surface area (Å²) in [6, 6.07) is 0. The fourth-order valence-corrected chi connectivity index (χ4v) is 1.88. The minimum atomic E-state index is -0.446. The molecule has 1 fully saturated rings. The molecular weight excluding hydrogens is 276 g/mol. The maximum Gasteiger partial charge on any atom is 0.354 e. The fraction of sp³-hybridized carbons (Fsp3) is 0.389. The van der Waals surface area contributed by atoms with Crippen LogP contribution in [0.3, 0.4) is 0 Å². The van der Waals surface area contributed by atoms with Crippen LogP contribution in [0.25, 0.3) is 0 Å². The number of esters is 1. The van der Waals surface area contributed by atoms with Crippen molar-refractivity contribution in [1.82, 2.24) is 9.80 Å². The second-order valence-corrected chi connectivity index (χ2v) is 4.74. The van der Waals surface area contributed by atoms with Gasteiger partial charge in [0.05, 0.1) is 0 Å². The van der Waals surface area contributed by atoms with Gasteiger partial charge in [0.2, 0.25) is 0 Å². The van der Waals surface area contributed by atoms with Crippen molar-refractivity contribution in [2.75, 3.05) is 32.8 Å². The first-order valence-electron chi connectivity index (χ1n) is 7.40. The summed E-state index contributed by atoms with van der Waals surface area (Å²) in [7, 11) is 0. The monoisotopic (exact) mass is 304 g/mol. The number of hydrogen-bond donors (Lipinski definition) is 0. The molecule has 1 aliphatic rings. The van der Waals surface area contributed by atoms with E-state index in [-0.39, 0.29) is 6.61 Å². The zero-order valence-corrected chi connectivity index (χ0v) is 13.5. The summed E-state index contributed by atoms with van der Waals surface area (Å²) in [5.41, 5.74) is 0.302. The van der Waals surface area contributed by atoms with Crippen LogP contribution in [-0.4, -0.2) is 48.6 Å². The predicted molar refractivity (Wildman–Crippen MR) is 93.3 cm³/mol.